The molecule has 1 amide bonds. The third-order valence-electron chi connectivity index (χ3n) is 1.84. The Labute approximate surface area is 86.7 Å². The van der Waals surface area contributed by atoms with Crippen molar-refractivity contribution in [3.05, 3.63) is 29.8 Å². The lowest BCUT2D eigenvalue weighted by molar-refractivity contribution is -0.109. The van der Waals surface area contributed by atoms with Gasteiger partial charge in [-0.1, -0.05) is 12.1 Å². The fraction of sp³-hybridized carbons (Fsp3) is 0.300. The van der Waals surface area contributed by atoms with Gasteiger partial charge in [0, 0.05) is 6.54 Å². The summed E-state index contributed by atoms with van der Waals surface area (Å²) in [5, 5.41) is 2.57. The van der Waals surface area contributed by atoms with Crippen molar-refractivity contribution in [3.63, 3.8) is 0 Å². The van der Waals surface area contributed by atoms with Crippen LogP contribution in [0.3, 0.4) is 0 Å². The van der Waals surface area contributed by atoms with Gasteiger partial charge in [0.05, 0.1) is 0 Å². The molecule has 1 unspecified atom stereocenters. The molecule has 0 aliphatic rings. The van der Waals surface area contributed by atoms with Crippen LogP contribution in [0.15, 0.2) is 29.2 Å². The lowest BCUT2D eigenvalue weighted by Gasteiger charge is -2.07. The van der Waals surface area contributed by atoms with E-state index < -0.39 is 11.2 Å². The maximum absolute atomic E-state index is 11.4. The zero-order valence-electron chi connectivity index (χ0n) is 8.03. The lowest BCUT2D eigenvalue weighted by atomic mass is 10.2. The molecule has 1 atom stereocenters. The molecular weight excluding hydrogens is 198 g/mol. The van der Waals surface area contributed by atoms with Gasteiger partial charge in [-0.05, 0) is 35.8 Å². The fourth-order valence-electron chi connectivity index (χ4n) is 1.09. The minimum Gasteiger partial charge on any atom is -0.611 e. The zero-order valence-corrected chi connectivity index (χ0v) is 8.84. The summed E-state index contributed by atoms with van der Waals surface area (Å²) >= 11 is -0.894. The Morgan fingerprint density at radius 1 is 1.43 bits per heavy atom. The predicted octanol–water partition coefficient (Wildman–Crippen LogP) is 1.06. The summed E-state index contributed by atoms with van der Waals surface area (Å²) in [6.07, 6.45) is 0.665. The molecule has 1 N–H and O–H groups in total. The van der Waals surface area contributed by atoms with E-state index in [4.69, 9.17) is 0 Å². The van der Waals surface area contributed by atoms with Crippen molar-refractivity contribution >= 4 is 17.6 Å². The van der Waals surface area contributed by atoms with Gasteiger partial charge in [0.1, 0.15) is 5.75 Å². The predicted molar refractivity (Wildman–Crippen MR) is 56.3 cm³/mol. The molecule has 0 aromatic heterocycles. The number of nitrogens with one attached hydrogen (secondary N) is 1. The van der Waals surface area contributed by atoms with Crippen LogP contribution in [0, 0.1) is 0 Å². The number of carbonyl (C=O) groups excluding carboxylic acids is 1. The summed E-state index contributed by atoms with van der Waals surface area (Å²) in [6.45, 7) is 2.40. The monoisotopic (exact) mass is 211 g/mol. The van der Waals surface area contributed by atoms with E-state index in [1.807, 2.05) is 31.2 Å². The first-order chi connectivity index (χ1) is 6.77. The summed E-state index contributed by atoms with van der Waals surface area (Å²) in [5.74, 6) is 0.631. The molecule has 1 aromatic rings. The van der Waals surface area contributed by atoms with E-state index in [0.29, 0.717) is 18.7 Å². The van der Waals surface area contributed by atoms with E-state index in [2.05, 4.69) is 5.32 Å². The first kappa shape index (κ1) is 11.1. The average Bonchev–Trinajstić information content (AvgIpc) is 2.26. The van der Waals surface area contributed by atoms with Crippen LogP contribution in [0.5, 0.6) is 0 Å². The highest BCUT2D eigenvalue weighted by atomic mass is 32.2. The number of benzene rings is 1. The van der Waals surface area contributed by atoms with Crippen molar-refractivity contribution in [2.45, 2.75) is 18.4 Å². The normalized spacial score (nSPS) is 12.1. The molecule has 1 aromatic carbocycles. The molecule has 0 spiro atoms. The van der Waals surface area contributed by atoms with E-state index in [-0.39, 0.29) is 0 Å². The van der Waals surface area contributed by atoms with Gasteiger partial charge in [0.15, 0.2) is 4.90 Å². The number of hydrogen-bond donors (Lipinski definition) is 1. The van der Waals surface area contributed by atoms with Gasteiger partial charge in [-0.2, -0.15) is 0 Å². The van der Waals surface area contributed by atoms with Crippen LogP contribution in [0.2, 0.25) is 0 Å². The van der Waals surface area contributed by atoms with Gasteiger partial charge in [-0.25, -0.2) is 0 Å². The maximum atomic E-state index is 11.4. The Morgan fingerprint density at radius 2 is 2.07 bits per heavy atom. The first-order valence-electron chi connectivity index (χ1n) is 4.42. The van der Waals surface area contributed by atoms with Crippen LogP contribution in [0.25, 0.3) is 0 Å². The summed E-state index contributed by atoms with van der Waals surface area (Å²) in [4.78, 5) is 10.9. The molecule has 0 radical (unpaired) electrons. The summed E-state index contributed by atoms with van der Waals surface area (Å²) in [7, 11) is 0. The van der Waals surface area contributed by atoms with E-state index in [0.717, 1.165) is 10.5 Å². The second-order valence-corrected chi connectivity index (χ2v) is 4.52. The highest BCUT2D eigenvalue weighted by Crippen LogP contribution is 2.11. The van der Waals surface area contributed by atoms with Crippen LogP contribution in [-0.4, -0.2) is 16.7 Å². The maximum Gasteiger partial charge on any atom is 0.207 e. The van der Waals surface area contributed by atoms with Gasteiger partial charge in [-0.15, -0.1) is 0 Å². The van der Waals surface area contributed by atoms with Crippen molar-refractivity contribution < 1.29 is 9.35 Å². The van der Waals surface area contributed by atoms with Crippen molar-refractivity contribution in [2.75, 3.05) is 5.75 Å². The van der Waals surface area contributed by atoms with Gasteiger partial charge < -0.3 is 9.87 Å². The lowest BCUT2D eigenvalue weighted by Crippen LogP contribution is -2.10. The summed E-state index contributed by atoms with van der Waals surface area (Å²) in [6, 6.07) is 7.42. The number of hydrogen-bond acceptors (Lipinski definition) is 2. The van der Waals surface area contributed by atoms with E-state index >= 15 is 0 Å². The number of carbonyl (C=O) groups is 1. The van der Waals surface area contributed by atoms with Crippen LogP contribution >= 0.6 is 0 Å². The van der Waals surface area contributed by atoms with Crippen LogP contribution in [-0.2, 0) is 22.5 Å². The Balaban J connectivity index is 2.63. The molecule has 0 fully saturated rings. The molecule has 0 saturated heterocycles. The van der Waals surface area contributed by atoms with Crippen LogP contribution < -0.4 is 5.32 Å². The smallest absolute Gasteiger partial charge is 0.207 e. The Kier molecular flexibility index (Phi) is 4.49. The molecule has 0 aliphatic heterocycles. The second-order valence-electron chi connectivity index (χ2n) is 2.78. The molecule has 0 heterocycles. The Bertz CT molecular complexity index is 287. The van der Waals surface area contributed by atoms with Crippen LogP contribution in [0.4, 0.5) is 0 Å². The molecule has 0 bridgehead atoms. The molecule has 4 heteroatoms. The zero-order chi connectivity index (χ0) is 10.4. The minimum atomic E-state index is -0.894. The fourth-order valence-corrected chi connectivity index (χ4v) is 1.86. The van der Waals surface area contributed by atoms with Crippen LogP contribution in [0.1, 0.15) is 12.5 Å². The van der Waals surface area contributed by atoms with Gasteiger partial charge in [-0.3, -0.25) is 4.79 Å². The minimum absolute atomic E-state index is 0.516. The SMILES string of the molecule is CC[S+]([O-])c1ccc(CNC=O)cc1. The number of rotatable bonds is 5. The molecule has 14 heavy (non-hydrogen) atoms. The second kappa shape index (κ2) is 5.67. The molecule has 0 aliphatic carbocycles. The molecule has 76 valence electrons. The molecular formula is C10H13NO2S. The van der Waals surface area contributed by atoms with Gasteiger partial charge in [0.2, 0.25) is 6.41 Å². The molecule has 1 rings (SSSR count). The molecule has 0 saturated carbocycles. The standard InChI is InChI=1S/C10H13NO2S/c1-2-14(13)10-5-3-9(4-6-10)7-11-8-12/h3-6,8H,2,7H2,1H3,(H,11,12). The van der Waals surface area contributed by atoms with E-state index in [9.17, 15) is 9.35 Å². The number of amides is 1. The van der Waals surface area contributed by atoms with E-state index in [1.165, 1.54) is 0 Å². The molecule has 3 nitrogen and oxygen atoms in total. The van der Waals surface area contributed by atoms with Gasteiger partial charge >= 0.3 is 0 Å². The first-order valence-corrected chi connectivity index (χ1v) is 5.74. The Morgan fingerprint density at radius 3 is 2.57 bits per heavy atom. The summed E-state index contributed by atoms with van der Waals surface area (Å²) in [5.41, 5.74) is 1.01. The summed E-state index contributed by atoms with van der Waals surface area (Å²) < 4.78 is 11.4. The largest absolute Gasteiger partial charge is 0.611 e. The highest BCUT2D eigenvalue weighted by Gasteiger charge is 2.06. The van der Waals surface area contributed by atoms with Crippen molar-refractivity contribution in [1.82, 2.24) is 5.32 Å². The van der Waals surface area contributed by atoms with Crippen molar-refractivity contribution in [1.29, 1.82) is 0 Å². The third kappa shape index (κ3) is 3.05. The van der Waals surface area contributed by atoms with E-state index in [1.54, 1.807) is 0 Å². The Hall–Kier alpha value is -1.00. The van der Waals surface area contributed by atoms with Crippen molar-refractivity contribution in [3.8, 4) is 0 Å². The third-order valence-corrected chi connectivity index (χ3v) is 3.16. The quantitative estimate of drug-likeness (QED) is 0.585. The van der Waals surface area contributed by atoms with Gasteiger partial charge in [0.25, 0.3) is 0 Å². The van der Waals surface area contributed by atoms with Crippen molar-refractivity contribution in [2.24, 2.45) is 0 Å². The topological polar surface area (TPSA) is 52.2 Å². The average molecular weight is 211 g/mol. The highest BCUT2D eigenvalue weighted by molar-refractivity contribution is 7.91.